The fourth-order valence-corrected chi connectivity index (χ4v) is 2.04. The number of aliphatic hydroxyl groups is 1. The van der Waals surface area contributed by atoms with Crippen molar-refractivity contribution >= 4 is 5.69 Å². The van der Waals surface area contributed by atoms with E-state index in [0.717, 1.165) is 12.8 Å². The van der Waals surface area contributed by atoms with Gasteiger partial charge in [-0.3, -0.25) is 0 Å². The first-order valence-electron chi connectivity index (χ1n) is 5.35. The molecule has 0 aromatic heterocycles. The highest BCUT2D eigenvalue weighted by Gasteiger charge is 2.25. The molecule has 1 aromatic carbocycles. The van der Waals surface area contributed by atoms with Gasteiger partial charge in [-0.2, -0.15) is 0 Å². The molecule has 0 spiro atoms. The van der Waals surface area contributed by atoms with Gasteiger partial charge in [0, 0.05) is 18.7 Å². The van der Waals surface area contributed by atoms with Gasteiger partial charge in [-0.15, -0.1) is 0 Å². The Balaban J connectivity index is 2.31. The molecule has 0 bridgehead atoms. The lowest BCUT2D eigenvalue weighted by molar-refractivity contribution is 0.280. The fraction of sp³-hybridized carbons (Fsp3) is 0.500. The minimum atomic E-state index is -0.240. The maximum absolute atomic E-state index is 13.7. The van der Waals surface area contributed by atoms with E-state index >= 15 is 0 Å². The summed E-state index contributed by atoms with van der Waals surface area (Å²) in [5, 5.41) is 9.17. The minimum Gasteiger partial charge on any atom is -0.392 e. The van der Waals surface area contributed by atoms with Gasteiger partial charge in [0.25, 0.3) is 0 Å². The molecule has 0 amide bonds. The molecule has 1 saturated carbocycles. The van der Waals surface area contributed by atoms with Gasteiger partial charge < -0.3 is 10.0 Å². The first kappa shape index (κ1) is 10.4. The van der Waals surface area contributed by atoms with Gasteiger partial charge in [-0.1, -0.05) is 12.1 Å². The summed E-state index contributed by atoms with van der Waals surface area (Å²) in [5.74, 6) is -0.240. The van der Waals surface area contributed by atoms with E-state index in [-0.39, 0.29) is 12.4 Å². The fourth-order valence-electron chi connectivity index (χ4n) is 2.04. The van der Waals surface area contributed by atoms with Crippen LogP contribution in [0.3, 0.4) is 0 Å². The summed E-state index contributed by atoms with van der Waals surface area (Å²) in [6.07, 6.45) is 3.46. The van der Waals surface area contributed by atoms with E-state index < -0.39 is 0 Å². The number of benzene rings is 1. The second-order valence-corrected chi connectivity index (χ2v) is 4.10. The molecular weight excluding hydrogens is 193 g/mol. The molecule has 0 unspecified atom stereocenters. The van der Waals surface area contributed by atoms with Gasteiger partial charge in [-0.05, 0) is 25.3 Å². The van der Waals surface area contributed by atoms with Crippen molar-refractivity contribution in [2.45, 2.75) is 31.9 Å². The maximum atomic E-state index is 13.7. The number of aliphatic hydroxyl groups excluding tert-OH is 1. The highest BCUT2D eigenvalue weighted by molar-refractivity contribution is 5.55. The maximum Gasteiger partial charge on any atom is 0.146 e. The number of halogens is 1. The van der Waals surface area contributed by atoms with Crippen LogP contribution in [-0.4, -0.2) is 18.2 Å². The standard InChI is InChI=1S/C12H16FNO/c1-14(10-5-3-6-10)12-9(8-15)4-2-7-11(12)13/h2,4,7,10,15H,3,5-6,8H2,1H3. The number of para-hydroxylation sites is 1. The van der Waals surface area contributed by atoms with Crippen LogP contribution in [0.1, 0.15) is 24.8 Å². The Morgan fingerprint density at radius 3 is 2.73 bits per heavy atom. The summed E-state index contributed by atoms with van der Waals surface area (Å²) in [4.78, 5) is 1.96. The molecule has 1 N–H and O–H groups in total. The summed E-state index contributed by atoms with van der Waals surface area (Å²) in [5.41, 5.74) is 1.23. The first-order chi connectivity index (χ1) is 7.24. The average molecular weight is 209 g/mol. The van der Waals surface area contributed by atoms with Crippen LogP contribution < -0.4 is 4.90 Å². The van der Waals surface area contributed by atoms with Crippen molar-refractivity contribution in [3.63, 3.8) is 0 Å². The van der Waals surface area contributed by atoms with Crippen LogP contribution in [0.15, 0.2) is 18.2 Å². The molecule has 0 saturated heterocycles. The lowest BCUT2D eigenvalue weighted by atomic mass is 9.91. The predicted octanol–water partition coefficient (Wildman–Crippen LogP) is 2.31. The Kier molecular flexibility index (Phi) is 2.91. The van der Waals surface area contributed by atoms with E-state index in [1.54, 1.807) is 12.1 Å². The Bertz CT molecular complexity index is 349. The van der Waals surface area contributed by atoms with Gasteiger partial charge in [0.05, 0.1) is 12.3 Å². The van der Waals surface area contributed by atoms with Crippen LogP contribution >= 0.6 is 0 Å². The van der Waals surface area contributed by atoms with E-state index in [1.807, 2.05) is 11.9 Å². The zero-order chi connectivity index (χ0) is 10.8. The number of hydrogen-bond donors (Lipinski definition) is 1. The van der Waals surface area contributed by atoms with Crippen LogP contribution in [0, 0.1) is 5.82 Å². The monoisotopic (exact) mass is 209 g/mol. The van der Waals surface area contributed by atoms with Crippen LogP contribution in [-0.2, 0) is 6.61 Å². The predicted molar refractivity (Wildman–Crippen MR) is 58.4 cm³/mol. The van der Waals surface area contributed by atoms with Crippen molar-refractivity contribution < 1.29 is 9.50 Å². The van der Waals surface area contributed by atoms with E-state index in [1.165, 1.54) is 12.5 Å². The summed E-state index contributed by atoms with van der Waals surface area (Å²) in [6.45, 7) is -0.107. The third-order valence-electron chi connectivity index (χ3n) is 3.22. The molecule has 1 aromatic rings. The van der Waals surface area contributed by atoms with Crippen LogP contribution in [0.25, 0.3) is 0 Å². The topological polar surface area (TPSA) is 23.5 Å². The van der Waals surface area contributed by atoms with Crippen molar-refractivity contribution in [3.8, 4) is 0 Å². The van der Waals surface area contributed by atoms with Crippen molar-refractivity contribution in [3.05, 3.63) is 29.6 Å². The number of nitrogens with zero attached hydrogens (tertiary/aromatic N) is 1. The number of hydrogen-bond acceptors (Lipinski definition) is 2. The zero-order valence-corrected chi connectivity index (χ0v) is 8.91. The normalized spacial score (nSPS) is 16.2. The first-order valence-corrected chi connectivity index (χ1v) is 5.35. The highest BCUT2D eigenvalue weighted by Crippen LogP contribution is 2.32. The second kappa shape index (κ2) is 4.19. The molecule has 0 radical (unpaired) electrons. The molecule has 0 heterocycles. The van der Waals surface area contributed by atoms with Gasteiger partial charge in [0.1, 0.15) is 5.82 Å². The molecule has 0 aliphatic heterocycles. The van der Waals surface area contributed by atoms with Gasteiger partial charge >= 0.3 is 0 Å². The second-order valence-electron chi connectivity index (χ2n) is 4.10. The molecule has 1 aliphatic rings. The largest absolute Gasteiger partial charge is 0.392 e. The van der Waals surface area contributed by atoms with Crippen LogP contribution in [0.2, 0.25) is 0 Å². The lowest BCUT2D eigenvalue weighted by Gasteiger charge is -2.37. The minimum absolute atomic E-state index is 0.107. The molecule has 1 fully saturated rings. The SMILES string of the molecule is CN(c1c(F)cccc1CO)C1CCC1. The summed E-state index contributed by atoms with van der Waals surface area (Å²) in [6, 6.07) is 5.29. The van der Waals surface area contributed by atoms with Crippen molar-refractivity contribution in [2.24, 2.45) is 0 Å². The molecule has 0 atom stereocenters. The molecule has 1 aliphatic carbocycles. The van der Waals surface area contributed by atoms with E-state index in [4.69, 9.17) is 0 Å². The molecule has 2 rings (SSSR count). The van der Waals surface area contributed by atoms with Crippen LogP contribution in [0.4, 0.5) is 10.1 Å². The van der Waals surface area contributed by atoms with E-state index in [0.29, 0.717) is 17.3 Å². The summed E-state index contributed by atoms with van der Waals surface area (Å²) < 4.78 is 13.7. The summed E-state index contributed by atoms with van der Waals surface area (Å²) >= 11 is 0. The smallest absolute Gasteiger partial charge is 0.146 e. The van der Waals surface area contributed by atoms with E-state index in [9.17, 15) is 9.50 Å². The molecule has 2 nitrogen and oxygen atoms in total. The number of anilines is 1. The third-order valence-corrected chi connectivity index (χ3v) is 3.22. The Morgan fingerprint density at radius 1 is 1.47 bits per heavy atom. The van der Waals surface area contributed by atoms with Gasteiger partial charge in [-0.25, -0.2) is 4.39 Å². The Labute approximate surface area is 89.3 Å². The van der Waals surface area contributed by atoms with Gasteiger partial charge in [0.15, 0.2) is 0 Å². The van der Waals surface area contributed by atoms with E-state index in [2.05, 4.69) is 0 Å². The van der Waals surface area contributed by atoms with Gasteiger partial charge in [0.2, 0.25) is 0 Å². The van der Waals surface area contributed by atoms with Crippen LogP contribution in [0.5, 0.6) is 0 Å². The van der Waals surface area contributed by atoms with Crippen molar-refractivity contribution in [1.29, 1.82) is 0 Å². The quantitative estimate of drug-likeness (QED) is 0.825. The highest BCUT2D eigenvalue weighted by atomic mass is 19.1. The summed E-state index contributed by atoms with van der Waals surface area (Å²) in [7, 11) is 1.90. The third kappa shape index (κ3) is 1.84. The average Bonchev–Trinajstić information content (AvgIpc) is 2.14. The van der Waals surface area contributed by atoms with Crippen molar-refractivity contribution in [2.75, 3.05) is 11.9 Å². The molecular formula is C12H16FNO. The molecule has 3 heteroatoms. The molecule has 15 heavy (non-hydrogen) atoms. The lowest BCUT2D eigenvalue weighted by Crippen LogP contribution is -2.38. The van der Waals surface area contributed by atoms with Crippen molar-refractivity contribution in [1.82, 2.24) is 0 Å². The Hall–Kier alpha value is -1.09. The Morgan fingerprint density at radius 2 is 2.20 bits per heavy atom. The zero-order valence-electron chi connectivity index (χ0n) is 8.91. The molecule has 82 valence electrons. The number of rotatable bonds is 3.